The van der Waals surface area contributed by atoms with E-state index in [1.54, 1.807) is 6.92 Å². The number of carbonyl (C=O) groups excluding carboxylic acids is 2. The molecule has 0 radical (unpaired) electrons. The Kier molecular flexibility index (Phi) is 2.89. The van der Waals surface area contributed by atoms with Gasteiger partial charge in [0.25, 0.3) is 0 Å². The minimum absolute atomic E-state index is 0.0477. The molecule has 7 heteroatoms. The fraction of sp³-hybridized carbons (Fsp3) is 0.857. The molecule has 2 atom stereocenters. The Balaban J connectivity index is 1.98. The smallest absolute Gasteiger partial charge is 0.340 e. The number of nitrogens with zero attached hydrogens (tertiary/aromatic N) is 1. The number of rotatable bonds is 3. The zero-order valence-corrected chi connectivity index (χ0v) is 12.1. The van der Waals surface area contributed by atoms with Gasteiger partial charge in [-0.25, -0.2) is 0 Å². The van der Waals surface area contributed by atoms with Crippen molar-refractivity contribution in [3.8, 4) is 0 Å². The van der Waals surface area contributed by atoms with Crippen LogP contribution >= 0.6 is 0 Å². The molecule has 2 unspecified atom stereocenters. The van der Waals surface area contributed by atoms with E-state index < -0.39 is 35.6 Å². The number of nitrogens with one attached hydrogen (secondary N) is 1. The molecule has 1 heterocycles. The highest BCUT2D eigenvalue weighted by Crippen LogP contribution is 2.50. The van der Waals surface area contributed by atoms with Crippen molar-refractivity contribution in [3.05, 3.63) is 0 Å². The first-order valence-electron chi connectivity index (χ1n) is 7.30. The Morgan fingerprint density at radius 3 is 2.10 bits per heavy atom. The molecule has 0 aromatic heterocycles. The van der Waals surface area contributed by atoms with Crippen molar-refractivity contribution in [1.82, 2.24) is 10.2 Å². The van der Waals surface area contributed by atoms with Crippen LogP contribution in [0.15, 0.2) is 0 Å². The summed E-state index contributed by atoms with van der Waals surface area (Å²) in [6, 6.07) is 0. The van der Waals surface area contributed by atoms with Crippen molar-refractivity contribution in [1.29, 1.82) is 0 Å². The fourth-order valence-electron chi connectivity index (χ4n) is 3.43. The first-order chi connectivity index (χ1) is 9.59. The van der Waals surface area contributed by atoms with Crippen molar-refractivity contribution in [2.24, 2.45) is 11.8 Å². The van der Waals surface area contributed by atoms with Gasteiger partial charge in [-0.05, 0) is 51.4 Å². The second kappa shape index (κ2) is 4.14. The van der Waals surface area contributed by atoms with Crippen molar-refractivity contribution < 1.29 is 22.8 Å². The second-order valence-electron chi connectivity index (χ2n) is 6.86. The summed E-state index contributed by atoms with van der Waals surface area (Å²) in [6.45, 7) is 1.67. The van der Waals surface area contributed by atoms with Crippen LogP contribution in [0.1, 0.15) is 39.5 Å². The van der Waals surface area contributed by atoms with Crippen LogP contribution in [0.5, 0.6) is 0 Å². The summed E-state index contributed by atoms with van der Waals surface area (Å²) in [5, 5.41) is 2.73. The van der Waals surface area contributed by atoms with E-state index in [1.807, 2.05) is 0 Å². The third-order valence-corrected chi connectivity index (χ3v) is 5.19. The molecule has 118 valence electrons. The van der Waals surface area contributed by atoms with E-state index in [4.69, 9.17) is 0 Å². The molecule has 21 heavy (non-hydrogen) atoms. The summed E-state index contributed by atoms with van der Waals surface area (Å²) >= 11 is 0. The maximum absolute atomic E-state index is 12.9. The summed E-state index contributed by atoms with van der Waals surface area (Å²) < 4.78 is 38.7. The van der Waals surface area contributed by atoms with E-state index in [9.17, 15) is 22.8 Å². The van der Waals surface area contributed by atoms with E-state index in [0.717, 1.165) is 17.7 Å². The van der Waals surface area contributed by atoms with Gasteiger partial charge in [-0.2, -0.15) is 13.2 Å². The van der Waals surface area contributed by atoms with Crippen LogP contribution in [0.4, 0.5) is 13.2 Å². The number of carbonyl (C=O) groups is 2. The summed E-state index contributed by atoms with van der Waals surface area (Å²) in [7, 11) is 0. The van der Waals surface area contributed by atoms with Crippen LogP contribution in [0.2, 0.25) is 0 Å². The predicted octanol–water partition coefficient (Wildman–Crippen LogP) is 1.84. The maximum Gasteiger partial charge on any atom is 0.406 e. The highest BCUT2D eigenvalue weighted by Gasteiger charge is 2.64. The average Bonchev–Trinajstić information content (AvgIpc) is 3.21. The van der Waals surface area contributed by atoms with Gasteiger partial charge in [-0.15, -0.1) is 0 Å². The van der Waals surface area contributed by atoms with Crippen LogP contribution in [-0.2, 0) is 9.59 Å². The third kappa shape index (κ3) is 2.21. The minimum Gasteiger partial charge on any atom is -0.340 e. The fourth-order valence-corrected chi connectivity index (χ4v) is 3.43. The van der Waals surface area contributed by atoms with E-state index in [-0.39, 0.29) is 11.8 Å². The number of hydrogen-bond donors (Lipinski definition) is 1. The summed E-state index contributed by atoms with van der Waals surface area (Å²) in [5.41, 5.74) is -2.56. The topological polar surface area (TPSA) is 49.4 Å². The van der Waals surface area contributed by atoms with Gasteiger partial charge in [0, 0.05) is 0 Å². The minimum atomic E-state index is -4.51. The number of halogens is 3. The second-order valence-corrected chi connectivity index (χ2v) is 6.86. The number of hydrogen-bond acceptors (Lipinski definition) is 2. The Morgan fingerprint density at radius 1 is 1.14 bits per heavy atom. The van der Waals surface area contributed by atoms with Crippen molar-refractivity contribution in [2.45, 2.75) is 56.8 Å². The van der Waals surface area contributed by atoms with Crippen molar-refractivity contribution in [3.63, 3.8) is 0 Å². The Bertz CT molecular complexity index is 499. The molecule has 0 aromatic carbocycles. The normalized spacial score (nSPS) is 37.7. The molecular weight excluding hydrogens is 285 g/mol. The van der Waals surface area contributed by atoms with Crippen LogP contribution in [-0.4, -0.2) is 40.5 Å². The van der Waals surface area contributed by atoms with Crippen molar-refractivity contribution >= 4 is 11.8 Å². The van der Waals surface area contributed by atoms with Crippen LogP contribution in [0, 0.1) is 11.8 Å². The lowest BCUT2D eigenvalue weighted by atomic mass is 9.81. The molecule has 0 aromatic rings. The monoisotopic (exact) mass is 304 g/mol. The lowest BCUT2D eigenvalue weighted by molar-refractivity contribution is -0.188. The Morgan fingerprint density at radius 2 is 1.67 bits per heavy atom. The standard InChI is InChI=1S/C14H19F3N2O2/c1-12(8-3-4-8)11(21)19(7-14(15,16)17)13(2,9-5-6-9)10(20)18-12/h8-9H,3-7H2,1-2H3,(H,18,20). The van der Waals surface area contributed by atoms with Gasteiger partial charge in [-0.3, -0.25) is 9.59 Å². The third-order valence-electron chi connectivity index (χ3n) is 5.19. The molecule has 2 saturated carbocycles. The zero-order chi connectivity index (χ0) is 15.6. The SMILES string of the molecule is CC1(C2CC2)NC(=O)C(C)(C2CC2)N(CC(F)(F)F)C1=O. The number of amides is 2. The van der Waals surface area contributed by atoms with Crippen LogP contribution in [0.3, 0.4) is 0 Å². The van der Waals surface area contributed by atoms with E-state index in [1.165, 1.54) is 6.92 Å². The molecule has 0 bridgehead atoms. The Labute approximate surface area is 121 Å². The Hall–Kier alpha value is -1.27. The van der Waals surface area contributed by atoms with E-state index in [0.29, 0.717) is 12.8 Å². The average molecular weight is 304 g/mol. The van der Waals surface area contributed by atoms with E-state index >= 15 is 0 Å². The predicted molar refractivity (Wildman–Crippen MR) is 68.2 cm³/mol. The quantitative estimate of drug-likeness (QED) is 0.865. The highest BCUT2D eigenvalue weighted by molar-refractivity contribution is 6.02. The lowest BCUT2D eigenvalue weighted by Crippen LogP contribution is -2.76. The molecular formula is C14H19F3N2O2. The van der Waals surface area contributed by atoms with Gasteiger partial charge >= 0.3 is 6.18 Å². The molecule has 0 spiro atoms. The number of alkyl halides is 3. The van der Waals surface area contributed by atoms with Crippen LogP contribution in [0.25, 0.3) is 0 Å². The summed E-state index contributed by atoms with van der Waals surface area (Å²) in [5.74, 6) is -1.25. The summed E-state index contributed by atoms with van der Waals surface area (Å²) in [4.78, 5) is 26.0. The molecule has 1 saturated heterocycles. The molecule has 1 N–H and O–H groups in total. The maximum atomic E-state index is 12.9. The van der Waals surface area contributed by atoms with E-state index in [2.05, 4.69) is 5.32 Å². The van der Waals surface area contributed by atoms with Gasteiger partial charge in [-0.1, -0.05) is 0 Å². The number of piperazine rings is 1. The molecule has 2 amide bonds. The van der Waals surface area contributed by atoms with Gasteiger partial charge in [0.15, 0.2) is 0 Å². The molecule has 4 nitrogen and oxygen atoms in total. The highest BCUT2D eigenvalue weighted by atomic mass is 19.4. The molecule has 3 aliphatic rings. The van der Waals surface area contributed by atoms with Crippen molar-refractivity contribution in [2.75, 3.05) is 6.54 Å². The van der Waals surface area contributed by atoms with Gasteiger partial charge < -0.3 is 10.2 Å². The lowest BCUT2D eigenvalue weighted by Gasteiger charge is -2.50. The largest absolute Gasteiger partial charge is 0.406 e. The van der Waals surface area contributed by atoms with Gasteiger partial charge in [0.1, 0.15) is 17.6 Å². The molecule has 1 aliphatic heterocycles. The van der Waals surface area contributed by atoms with Gasteiger partial charge in [0.2, 0.25) is 11.8 Å². The first-order valence-corrected chi connectivity index (χ1v) is 7.30. The first kappa shape index (κ1) is 14.7. The van der Waals surface area contributed by atoms with Crippen LogP contribution < -0.4 is 5.32 Å². The molecule has 3 fully saturated rings. The molecule has 2 aliphatic carbocycles. The summed E-state index contributed by atoms with van der Waals surface area (Å²) in [6.07, 6.45) is -1.60. The van der Waals surface area contributed by atoms with Gasteiger partial charge in [0.05, 0.1) is 0 Å². The zero-order valence-electron chi connectivity index (χ0n) is 12.1. The molecule has 3 rings (SSSR count).